The van der Waals surface area contributed by atoms with Crippen molar-refractivity contribution < 1.29 is 9.53 Å². The Bertz CT molecular complexity index is 1340. The highest BCUT2D eigenvalue weighted by Crippen LogP contribution is 2.25. The molecule has 0 aliphatic carbocycles. The first-order valence-electron chi connectivity index (χ1n) is 12.6. The summed E-state index contributed by atoms with van der Waals surface area (Å²) >= 11 is 0. The smallest absolute Gasteiger partial charge is 0.245 e. The number of nitrogens with zero attached hydrogens (tertiary/aromatic N) is 2. The minimum atomic E-state index is -0.0154. The van der Waals surface area contributed by atoms with Crippen LogP contribution in [0, 0.1) is 0 Å². The van der Waals surface area contributed by atoms with Crippen molar-refractivity contribution in [2.75, 3.05) is 33.8 Å². The van der Waals surface area contributed by atoms with Crippen molar-refractivity contribution in [1.82, 2.24) is 20.4 Å². The molecule has 0 atom stereocenters. The number of benzene rings is 3. The zero-order valence-electron chi connectivity index (χ0n) is 21.5. The summed E-state index contributed by atoms with van der Waals surface area (Å²) in [4.78, 5) is 13.1. The van der Waals surface area contributed by atoms with E-state index in [0.717, 1.165) is 35.1 Å². The molecular weight excluding hydrogens is 460 g/mol. The molecule has 1 heterocycles. The number of aromatic nitrogens is 2. The van der Waals surface area contributed by atoms with Gasteiger partial charge in [-0.2, -0.15) is 5.10 Å². The molecule has 1 aromatic heterocycles. The number of aromatic amines is 1. The monoisotopic (exact) mass is 494 g/mol. The molecule has 0 unspecified atom stereocenters. The average molecular weight is 495 g/mol. The fraction of sp³-hybridized carbons (Fsp3) is 0.226. The maximum absolute atomic E-state index is 11.5. The molecule has 4 rings (SSSR count). The van der Waals surface area contributed by atoms with Crippen LogP contribution in [0.3, 0.4) is 0 Å². The number of hydrogen-bond acceptors (Lipinski definition) is 4. The Hall–Kier alpha value is -4.16. The topological polar surface area (TPSA) is 70.2 Å². The van der Waals surface area contributed by atoms with Crippen LogP contribution >= 0.6 is 0 Å². The van der Waals surface area contributed by atoms with Gasteiger partial charge in [-0.25, -0.2) is 0 Å². The largest absolute Gasteiger partial charge is 0.492 e. The van der Waals surface area contributed by atoms with E-state index >= 15 is 0 Å². The number of carbonyl (C=O) groups is 1. The van der Waals surface area contributed by atoms with Gasteiger partial charge in [-0.15, -0.1) is 0 Å². The number of H-pyrrole nitrogens is 1. The predicted molar refractivity (Wildman–Crippen MR) is 151 cm³/mol. The zero-order chi connectivity index (χ0) is 25.9. The SMILES string of the molecule is CN(C)C(=O)/C=C/CNCCOc1ccc(/C=C(\CCc2ccc3[nH]ncc3c2)c2ccccc2)cc1. The molecule has 6 heteroatoms. The van der Waals surface area contributed by atoms with Gasteiger partial charge >= 0.3 is 0 Å². The quantitative estimate of drug-likeness (QED) is 0.158. The molecule has 0 saturated carbocycles. The van der Waals surface area contributed by atoms with Gasteiger partial charge in [0.25, 0.3) is 0 Å². The molecule has 4 aromatic rings. The minimum absolute atomic E-state index is 0.0154. The number of ether oxygens (including phenoxy) is 1. The zero-order valence-corrected chi connectivity index (χ0v) is 21.5. The van der Waals surface area contributed by atoms with Crippen LogP contribution in [-0.2, 0) is 11.2 Å². The number of nitrogens with one attached hydrogen (secondary N) is 2. The first-order valence-corrected chi connectivity index (χ1v) is 12.6. The predicted octanol–water partition coefficient (Wildman–Crippen LogP) is 5.35. The van der Waals surface area contributed by atoms with Gasteiger partial charge in [-0.3, -0.25) is 9.89 Å². The van der Waals surface area contributed by atoms with Crippen LogP contribution in [0.1, 0.15) is 23.1 Å². The number of rotatable bonds is 12. The molecule has 0 saturated heterocycles. The Morgan fingerprint density at radius 3 is 2.65 bits per heavy atom. The Morgan fingerprint density at radius 1 is 1.05 bits per heavy atom. The summed E-state index contributed by atoms with van der Waals surface area (Å²) in [5.74, 6) is 0.824. The normalized spacial score (nSPS) is 11.8. The van der Waals surface area contributed by atoms with Gasteiger partial charge in [0.2, 0.25) is 5.91 Å². The average Bonchev–Trinajstić information content (AvgIpc) is 3.39. The van der Waals surface area contributed by atoms with Gasteiger partial charge in [0, 0.05) is 38.6 Å². The Morgan fingerprint density at radius 2 is 1.86 bits per heavy atom. The number of likely N-dealkylation sites (N-methyl/N-ethyl adjacent to an activating group) is 1. The van der Waals surface area contributed by atoms with E-state index in [1.807, 2.05) is 24.4 Å². The molecule has 3 aromatic carbocycles. The van der Waals surface area contributed by atoms with Crippen molar-refractivity contribution in [3.63, 3.8) is 0 Å². The van der Waals surface area contributed by atoms with Crippen LogP contribution in [0.25, 0.3) is 22.6 Å². The van der Waals surface area contributed by atoms with Crippen molar-refractivity contribution in [3.05, 3.63) is 108 Å². The number of fused-ring (bicyclic) bond motifs is 1. The van der Waals surface area contributed by atoms with Crippen molar-refractivity contribution in [2.24, 2.45) is 0 Å². The molecule has 0 fully saturated rings. The van der Waals surface area contributed by atoms with Gasteiger partial charge in [0.05, 0.1) is 11.7 Å². The second-order valence-electron chi connectivity index (χ2n) is 9.08. The van der Waals surface area contributed by atoms with Crippen LogP contribution in [0.4, 0.5) is 0 Å². The fourth-order valence-corrected chi connectivity index (χ4v) is 3.98. The van der Waals surface area contributed by atoms with E-state index in [-0.39, 0.29) is 5.91 Å². The number of carbonyl (C=O) groups excluding carboxylic acids is 1. The molecule has 0 aliphatic rings. The maximum Gasteiger partial charge on any atom is 0.245 e. The van der Waals surface area contributed by atoms with Gasteiger partial charge < -0.3 is 15.0 Å². The highest BCUT2D eigenvalue weighted by molar-refractivity contribution is 5.87. The summed E-state index contributed by atoms with van der Waals surface area (Å²) in [5.41, 5.74) is 6.04. The van der Waals surface area contributed by atoms with E-state index in [1.165, 1.54) is 16.7 Å². The van der Waals surface area contributed by atoms with E-state index < -0.39 is 0 Å². The summed E-state index contributed by atoms with van der Waals surface area (Å²) in [6.45, 7) is 1.89. The lowest BCUT2D eigenvalue weighted by Crippen LogP contribution is -2.22. The molecule has 0 bridgehead atoms. The Balaban J connectivity index is 1.32. The van der Waals surface area contributed by atoms with Crippen molar-refractivity contribution in [1.29, 1.82) is 0 Å². The molecule has 0 aliphatic heterocycles. The third kappa shape index (κ3) is 7.92. The highest BCUT2D eigenvalue weighted by Gasteiger charge is 2.05. The molecule has 0 radical (unpaired) electrons. The molecule has 37 heavy (non-hydrogen) atoms. The van der Waals surface area contributed by atoms with Crippen molar-refractivity contribution in [2.45, 2.75) is 12.8 Å². The Labute approximate surface area is 218 Å². The van der Waals surface area contributed by atoms with E-state index in [9.17, 15) is 4.79 Å². The number of allylic oxidation sites excluding steroid dienone is 1. The highest BCUT2D eigenvalue weighted by atomic mass is 16.5. The second kappa shape index (κ2) is 13.2. The first-order chi connectivity index (χ1) is 18.1. The molecule has 1 amide bonds. The molecule has 6 nitrogen and oxygen atoms in total. The van der Waals surface area contributed by atoms with E-state index in [4.69, 9.17) is 4.74 Å². The van der Waals surface area contributed by atoms with Gasteiger partial charge in [0.1, 0.15) is 12.4 Å². The maximum atomic E-state index is 11.5. The van der Waals surface area contributed by atoms with E-state index in [0.29, 0.717) is 19.7 Å². The summed E-state index contributed by atoms with van der Waals surface area (Å²) in [6.07, 6.45) is 9.42. The standard InChI is InChI=1S/C31H34N4O2/c1-35(2)31(36)9-6-18-32-19-20-37-29-15-11-25(12-16-29)21-27(26-7-4-3-5-8-26)14-10-24-13-17-30-28(22-24)23-33-34-30/h3-9,11-13,15-17,21-23,32H,10,14,18-20H2,1-2H3,(H,33,34)/b9-6+,27-21+. The lowest BCUT2D eigenvalue weighted by Gasteiger charge is -2.10. The molecule has 2 N–H and O–H groups in total. The molecule has 190 valence electrons. The molecule has 0 spiro atoms. The summed E-state index contributed by atoms with van der Waals surface area (Å²) < 4.78 is 5.86. The minimum Gasteiger partial charge on any atom is -0.492 e. The summed E-state index contributed by atoms with van der Waals surface area (Å²) in [6, 6.07) is 25.2. The van der Waals surface area contributed by atoms with Crippen LogP contribution in [-0.4, -0.2) is 54.8 Å². The van der Waals surface area contributed by atoms with Crippen molar-refractivity contribution >= 4 is 28.5 Å². The van der Waals surface area contributed by atoms with Crippen LogP contribution in [0.5, 0.6) is 5.75 Å². The third-order valence-electron chi connectivity index (χ3n) is 6.06. The van der Waals surface area contributed by atoms with E-state index in [2.05, 4.69) is 82.3 Å². The first kappa shape index (κ1) is 25.9. The fourth-order valence-electron chi connectivity index (χ4n) is 3.98. The third-order valence-corrected chi connectivity index (χ3v) is 6.06. The van der Waals surface area contributed by atoms with Gasteiger partial charge in [0.15, 0.2) is 0 Å². The van der Waals surface area contributed by atoms with Gasteiger partial charge in [-0.1, -0.05) is 60.7 Å². The number of amides is 1. The molecular formula is C31H34N4O2. The van der Waals surface area contributed by atoms with Gasteiger partial charge in [-0.05, 0) is 59.4 Å². The Kier molecular flexibility index (Phi) is 9.27. The summed E-state index contributed by atoms with van der Waals surface area (Å²) in [7, 11) is 3.47. The van der Waals surface area contributed by atoms with E-state index in [1.54, 1.807) is 25.1 Å². The number of hydrogen-bond donors (Lipinski definition) is 2. The lowest BCUT2D eigenvalue weighted by atomic mass is 9.96. The lowest BCUT2D eigenvalue weighted by molar-refractivity contribution is -0.123. The van der Waals surface area contributed by atoms with Crippen LogP contribution in [0.2, 0.25) is 0 Å². The number of aryl methyl sites for hydroxylation is 1. The summed E-state index contributed by atoms with van der Waals surface area (Å²) in [5, 5.41) is 11.5. The van der Waals surface area contributed by atoms with Crippen LogP contribution < -0.4 is 10.1 Å². The second-order valence-corrected chi connectivity index (χ2v) is 9.08. The van der Waals surface area contributed by atoms with Crippen LogP contribution in [0.15, 0.2) is 91.1 Å². The van der Waals surface area contributed by atoms with Crippen molar-refractivity contribution in [3.8, 4) is 5.75 Å².